The highest BCUT2D eigenvalue weighted by Crippen LogP contribution is 2.37. The number of aliphatic hydroxyl groups excluding tert-OH is 12. The van der Waals surface area contributed by atoms with Gasteiger partial charge in [0.25, 0.3) is 0 Å². The van der Waals surface area contributed by atoms with Crippen LogP contribution in [-0.4, -0.2) is 312 Å². The molecule has 1 unspecified atom stereocenters. The first kappa shape index (κ1) is 74.6. The highest BCUT2D eigenvalue weighted by Gasteiger charge is 2.55. The number of benzene rings is 2. The average molecular weight is 1400 g/mol. The van der Waals surface area contributed by atoms with E-state index in [0.717, 1.165) is 37.0 Å². The van der Waals surface area contributed by atoms with Gasteiger partial charge < -0.3 is 148 Å². The Morgan fingerprint density at radius 1 is 0.636 bits per heavy atom. The molecule has 37 nitrogen and oxygen atoms in total. The summed E-state index contributed by atoms with van der Waals surface area (Å²) in [5, 5.41) is 151. The second-order valence-corrected chi connectivity index (χ2v) is 26.0. The highest BCUT2D eigenvalue weighted by atomic mass is 16.8. The molecule has 0 spiro atoms. The number of carbonyl (C=O) groups excluding carboxylic acids is 6. The maximum absolute atomic E-state index is 15.2. The van der Waals surface area contributed by atoms with Gasteiger partial charge in [-0.3, -0.25) is 33.8 Å². The van der Waals surface area contributed by atoms with E-state index in [0.29, 0.717) is 17.9 Å². The Labute approximate surface area is 566 Å². The molecule has 5 saturated heterocycles. The van der Waals surface area contributed by atoms with Crippen molar-refractivity contribution in [2.75, 3.05) is 46.1 Å². The molecule has 7 heterocycles. The summed E-state index contributed by atoms with van der Waals surface area (Å²) in [5.74, 6) is -8.47. The molecule has 0 aromatic heterocycles. The number of amides is 6. The van der Waals surface area contributed by atoms with Crippen LogP contribution in [0.5, 0.6) is 5.75 Å². The van der Waals surface area contributed by atoms with E-state index in [1.807, 2.05) is 0 Å². The summed E-state index contributed by atoms with van der Waals surface area (Å²) in [5.41, 5.74) is 12.9. The topological polar surface area (TPSA) is 574 Å². The van der Waals surface area contributed by atoms with Crippen LogP contribution < -0.4 is 53.4 Å². The fourth-order valence-electron chi connectivity index (χ4n) is 13.6. The number of hydrogen-bond acceptors (Lipinski definition) is 31. The minimum Gasteiger partial charge on any atom is -0.462 e. The zero-order valence-corrected chi connectivity index (χ0v) is 53.9. The van der Waals surface area contributed by atoms with Crippen LogP contribution in [0.4, 0.5) is 0 Å². The summed E-state index contributed by atoms with van der Waals surface area (Å²) >= 11 is 0. The summed E-state index contributed by atoms with van der Waals surface area (Å²) in [6, 6.07) is 1.02. The van der Waals surface area contributed by atoms with Crippen LogP contribution in [0.2, 0.25) is 0 Å². The molecule has 6 amide bonds. The number of carbonyl (C=O) groups is 6. The van der Waals surface area contributed by atoms with Gasteiger partial charge in [0.05, 0.1) is 51.6 Å². The third kappa shape index (κ3) is 17.1. The van der Waals surface area contributed by atoms with Crippen LogP contribution in [0.15, 0.2) is 64.6 Å². The number of nitrogens with one attached hydrogen (secondary N) is 7. The van der Waals surface area contributed by atoms with E-state index in [-0.39, 0.29) is 30.4 Å². The Kier molecular flexibility index (Phi) is 24.9. The summed E-state index contributed by atoms with van der Waals surface area (Å²) in [6.07, 6.45) is -23.9. The lowest BCUT2D eigenvalue weighted by atomic mass is 9.86. The first-order valence-electron chi connectivity index (χ1n) is 33.0. The lowest BCUT2D eigenvalue weighted by molar-refractivity contribution is -0.382. The predicted molar refractivity (Wildman–Crippen MR) is 336 cm³/mol. The molecule has 0 bridgehead atoms. The third-order valence-corrected chi connectivity index (χ3v) is 19.3. The number of aliphatic hydroxyl groups is 12. The number of hydrogen-bond donors (Lipinski definition) is 21. The van der Waals surface area contributed by atoms with Gasteiger partial charge in [-0.1, -0.05) is 81.5 Å². The molecule has 26 atom stereocenters. The Morgan fingerprint density at radius 2 is 1.29 bits per heavy atom. The van der Waals surface area contributed by atoms with Crippen LogP contribution in [0, 0.1) is 5.92 Å². The number of nitrogens with two attached hydrogens (primary N) is 2. The van der Waals surface area contributed by atoms with Gasteiger partial charge in [0.1, 0.15) is 121 Å². The summed E-state index contributed by atoms with van der Waals surface area (Å²) < 4.78 is 41.6. The van der Waals surface area contributed by atoms with Crippen LogP contribution in [-0.2, 0) is 63.6 Å². The van der Waals surface area contributed by atoms with Gasteiger partial charge in [-0.2, -0.15) is 0 Å². The number of fused-ring (bicyclic) bond motifs is 1. The molecule has 1 saturated carbocycles. The molecule has 548 valence electrons. The standard InChI is InChI=1S/C62H90N12O25/c1-25(28-10-6-3-7-11-28)39-55(90)68-30(16-27-12-14-29(15-13-27)94-59-49(86)46(83)51(35(23-77)96-59)99-60-50(87)47(84)52-36(97-60)24-93-38(98-52)17-26-8-4-2-5-9-26)54(89)72-40(42(79)31-18-66-61(63)70-31)57(92)73-41(56(91)69-32(21-75)53(88)65-20-37(78)71-39)43(80)33-19-67-62(64)74(33)58-48(85)45(82)44(81)34(22-76)95-58/h3,6-7,10-15,25-26,30-36,38-52,58-60,75-77,79-87H,2,4-5,8-9,16-24H2,1H3,(H2,64,67)(H,65,88)(H,68,90)(H,69,91)(H,71,78)(H,72,89)(H,73,92)(H3,63,66,70)/t25-,30+,31-,32-,33-,34+,35+,36+,38?,39-,40-,41+,42-,43-,44+,45-,46+,47+,48-,49-,50-,51+,52+,58-,59-,60+/m0/s1. The predicted octanol–water partition coefficient (Wildman–Crippen LogP) is -10.3. The van der Waals surface area contributed by atoms with Crippen molar-refractivity contribution in [3.63, 3.8) is 0 Å². The van der Waals surface area contributed by atoms with Gasteiger partial charge >= 0.3 is 0 Å². The molecular formula is C62H90N12O25. The van der Waals surface area contributed by atoms with Gasteiger partial charge in [0.15, 0.2) is 30.7 Å². The van der Waals surface area contributed by atoms with Crippen molar-refractivity contribution >= 4 is 47.4 Å². The summed E-state index contributed by atoms with van der Waals surface area (Å²) in [6.45, 7) is -2.98. The second kappa shape index (κ2) is 33.1. The van der Waals surface area contributed by atoms with Crippen LogP contribution >= 0.6 is 0 Å². The van der Waals surface area contributed by atoms with E-state index in [4.69, 9.17) is 44.6 Å². The van der Waals surface area contributed by atoms with Crippen LogP contribution in [0.3, 0.4) is 0 Å². The number of aliphatic imine (C=N–C) groups is 2. The minimum absolute atomic E-state index is 0.00845. The van der Waals surface area contributed by atoms with Crippen molar-refractivity contribution in [3.05, 3.63) is 65.7 Å². The molecule has 2 aromatic carbocycles. The van der Waals surface area contributed by atoms with E-state index in [1.54, 1.807) is 37.3 Å². The zero-order chi connectivity index (χ0) is 71.1. The molecule has 7 aliphatic heterocycles. The first-order valence-corrected chi connectivity index (χ1v) is 33.0. The molecule has 8 aliphatic rings. The quantitative estimate of drug-likeness (QED) is 0.0659. The van der Waals surface area contributed by atoms with Crippen molar-refractivity contribution in [2.24, 2.45) is 27.4 Å². The van der Waals surface area contributed by atoms with Gasteiger partial charge in [0.2, 0.25) is 41.7 Å². The van der Waals surface area contributed by atoms with Crippen LogP contribution in [0.25, 0.3) is 0 Å². The van der Waals surface area contributed by atoms with E-state index in [9.17, 15) is 80.5 Å². The lowest BCUT2D eigenvalue weighted by Gasteiger charge is -2.49. The van der Waals surface area contributed by atoms with Crippen molar-refractivity contribution in [1.82, 2.24) is 42.1 Å². The SMILES string of the molecule is C[C@@H](c1ccccc1)[C@@H]1NC(=O)CNC(=O)[C@H](CO)NC(=O)[C@@H]([C@@H](O)[C@@H]2CN=C(N)N2[C@H]2O[C@H](CO)[C@@H](O)[C@H](O)[C@@H]2O)NC(=O)[C@H]([C@@H](O)[C@@H]2CNC(N)=N2)NC(=O)[C@@H](Cc2ccc(O[C@H]3O[C@H](CO)[C@@H](O[C@H]4O[C@@H]5COC(CC6CCCCC6)O[C@H]5[C@H](O)[C@@H]4O)[C@H](O)[C@@H]3O)cc2)NC1=O. The Morgan fingerprint density at radius 3 is 1.97 bits per heavy atom. The molecule has 6 fully saturated rings. The number of rotatable bonds is 18. The molecule has 10 rings (SSSR count). The smallest absolute Gasteiger partial charge is 0.246 e. The Balaban J connectivity index is 0.902. The van der Waals surface area contributed by atoms with Crippen molar-refractivity contribution in [1.29, 1.82) is 0 Å². The van der Waals surface area contributed by atoms with E-state index >= 15 is 9.59 Å². The number of ether oxygens (including phenoxy) is 7. The number of nitrogens with zero attached hydrogens (tertiary/aromatic N) is 3. The minimum atomic E-state index is -2.34. The molecule has 1 aliphatic carbocycles. The molecular weight excluding hydrogens is 1310 g/mol. The maximum Gasteiger partial charge on any atom is 0.246 e. The van der Waals surface area contributed by atoms with E-state index in [1.165, 1.54) is 24.3 Å². The Bertz CT molecular complexity index is 3160. The molecule has 99 heavy (non-hydrogen) atoms. The zero-order valence-electron chi connectivity index (χ0n) is 53.9. The largest absolute Gasteiger partial charge is 0.462 e. The maximum atomic E-state index is 15.2. The highest BCUT2D eigenvalue weighted by molar-refractivity contribution is 5.98. The van der Waals surface area contributed by atoms with Gasteiger partial charge in [-0.05, 0) is 29.2 Å². The fourth-order valence-corrected chi connectivity index (χ4v) is 13.6. The molecule has 37 heteroatoms. The average Bonchev–Trinajstić information content (AvgIpc) is 1.76. The van der Waals surface area contributed by atoms with E-state index < -0.39 is 239 Å². The fraction of sp³-hybridized carbons (Fsp3) is 0.677. The second-order valence-electron chi connectivity index (χ2n) is 26.0. The summed E-state index contributed by atoms with van der Waals surface area (Å²) in [7, 11) is 0. The molecule has 23 N–H and O–H groups in total. The molecule has 0 radical (unpaired) electrons. The monoisotopic (exact) mass is 1400 g/mol. The van der Waals surface area contributed by atoms with Gasteiger partial charge in [-0.15, -0.1) is 0 Å². The normalized spacial score (nSPS) is 38.0. The van der Waals surface area contributed by atoms with Crippen molar-refractivity contribution in [3.8, 4) is 5.75 Å². The Hall–Kier alpha value is -7.12. The van der Waals surface area contributed by atoms with Gasteiger partial charge in [0, 0.05) is 25.3 Å². The summed E-state index contributed by atoms with van der Waals surface area (Å²) in [4.78, 5) is 96.6. The third-order valence-electron chi connectivity index (χ3n) is 19.3. The van der Waals surface area contributed by atoms with Crippen molar-refractivity contribution < 1.29 is 123 Å². The first-order chi connectivity index (χ1) is 47.4. The lowest BCUT2D eigenvalue weighted by Crippen LogP contribution is -2.70. The van der Waals surface area contributed by atoms with E-state index in [2.05, 4.69) is 47.2 Å². The number of guanidine groups is 2. The van der Waals surface area contributed by atoms with Crippen LogP contribution in [0.1, 0.15) is 62.5 Å². The van der Waals surface area contributed by atoms with Crippen molar-refractivity contribution in [2.45, 2.75) is 211 Å². The van der Waals surface area contributed by atoms with Gasteiger partial charge in [-0.25, -0.2) is 4.99 Å². The molecule has 2 aromatic rings.